The molecular weight excluding hydrogens is 320 g/mol. The molecule has 130 valence electrons. The summed E-state index contributed by atoms with van der Waals surface area (Å²) in [5.74, 6) is 0.344. The van der Waals surface area contributed by atoms with Crippen LogP contribution in [0.5, 0.6) is 11.6 Å². The lowest BCUT2D eigenvalue weighted by Gasteiger charge is -2.10. The molecule has 2 aromatic heterocycles. The molecule has 2 rings (SSSR count). The topological polar surface area (TPSA) is 78.4 Å². The highest BCUT2D eigenvalue weighted by Crippen LogP contribution is 2.26. The first-order chi connectivity index (χ1) is 11.9. The van der Waals surface area contributed by atoms with Gasteiger partial charge in [0.15, 0.2) is 11.5 Å². The van der Waals surface area contributed by atoms with Gasteiger partial charge in [-0.3, -0.25) is 9.78 Å². The van der Waals surface area contributed by atoms with Gasteiger partial charge in [0.2, 0.25) is 5.88 Å². The van der Waals surface area contributed by atoms with Gasteiger partial charge in [0.05, 0.1) is 12.8 Å². The summed E-state index contributed by atoms with van der Waals surface area (Å²) in [4.78, 5) is 31.4. The Bertz CT molecular complexity index is 828. The van der Waals surface area contributed by atoms with E-state index in [9.17, 15) is 9.59 Å². The highest BCUT2D eigenvalue weighted by molar-refractivity contribution is 5.94. The molecule has 0 saturated heterocycles. The Balaban J connectivity index is 2.28. The van der Waals surface area contributed by atoms with Crippen LogP contribution in [0.15, 0.2) is 30.6 Å². The van der Waals surface area contributed by atoms with Crippen LogP contribution in [0.4, 0.5) is 0 Å². The van der Waals surface area contributed by atoms with Gasteiger partial charge in [0.1, 0.15) is 0 Å². The number of pyridine rings is 2. The van der Waals surface area contributed by atoms with Crippen molar-refractivity contribution in [2.45, 2.75) is 27.7 Å². The summed E-state index contributed by atoms with van der Waals surface area (Å²) < 4.78 is 10.7. The maximum Gasteiger partial charge on any atom is 0.330 e. The van der Waals surface area contributed by atoms with Crippen molar-refractivity contribution in [2.24, 2.45) is 0 Å². The molecule has 0 unspecified atom stereocenters. The second-order valence-electron chi connectivity index (χ2n) is 5.43. The fourth-order valence-corrected chi connectivity index (χ4v) is 2.15. The Hall–Kier alpha value is -3.02. The van der Waals surface area contributed by atoms with E-state index in [1.54, 1.807) is 44.4 Å². The molecule has 0 fully saturated rings. The minimum absolute atomic E-state index is 0.0590. The van der Waals surface area contributed by atoms with Crippen molar-refractivity contribution in [1.29, 1.82) is 0 Å². The third-order valence-electron chi connectivity index (χ3n) is 3.44. The van der Waals surface area contributed by atoms with Crippen molar-refractivity contribution < 1.29 is 19.1 Å². The van der Waals surface area contributed by atoms with Crippen LogP contribution in [0, 0.1) is 13.8 Å². The van der Waals surface area contributed by atoms with E-state index in [2.05, 4.69) is 9.97 Å². The number of Topliss-reactive ketones (excluding diaryl/α,β-unsaturated/α-hetero) is 1. The number of ketones is 1. The normalized spacial score (nSPS) is 10.7. The fraction of sp³-hybridized carbons (Fsp3) is 0.263. The lowest BCUT2D eigenvalue weighted by molar-refractivity contribution is -0.137. The molecule has 0 radical (unpaired) electrons. The summed E-state index contributed by atoms with van der Waals surface area (Å²) in [6, 6.07) is 3.30. The summed E-state index contributed by atoms with van der Waals surface area (Å²) in [7, 11) is 0. The van der Waals surface area contributed by atoms with Crippen LogP contribution in [-0.4, -0.2) is 28.3 Å². The van der Waals surface area contributed by atoms with Gasteiger partial charge in [-0.05, 0) is 45.4 Å². The zero-order valence-electron chi connectivity index (χ0n) is 14.7. The van der Waals surface area contributed by atoms with E-state index in [-0.39, 0.29) is 5.78 Å². The molecule has 0 aliphatic rings. The Kier molecular flexibility index (Phi) is 6.00. The number of esters is 1. The second kappa shape index (κ2) is 8.19. The summed E-state index contributed by atoms with van der Waals surface area (Å²) in [5.41, 5.74) is 2.74. The first-order valence-electron chi connectivity index (χ1n) is 7.87. The Morgan fingerprint density at radius 2 is 1.96 bits per heavy atom. The number of hydrogen-bond acceptors (Lipinski definition) is 6. The summed E-state index contributed by atoms with van der Waals surface area (Å²) in [6.45, 7) is 7.21. The predicted octanol–water partition coefficient (Wildman–Crippen LogP) is 3.66. The number of aryl methyl sites for hydroxylation is 1. The monoisotopic (exact) mass is 340 g/mol. The van der Waals surface area contributed by atoms with Crippen LogP contribution in [-0.2, 0) is 9.53 Å². The van der Waals surface area contributed by atoms with E-state index in [1.165, 1.54) is 13.0 Å². The molecule has 0 bridgehead atoms. The molecule has 0 amide bonds. The van der Waals surface area contributed by atoms with Crippen molar-refractivity contribution in [3.63, 3.8) is 0 Å². The molecule has 0 atom stereocenters. The quantitative estimate of drug-likeness (QED) is 0.453. The number of hydrogen-bond donors (Lipinski definition) is 0. The summed E-state index contributed by atoms with van der Waals surface area (Å²) in [6.07, 6.45) is 6.16. The highest BCUT2D eigenvalue weighted by Gasteiger charge is 2.10. The van der Waals surface area contributed by atoms with E-state index in [4.69, 9.17) is 9.47 Å². The van der Waals surface area contributed by atoms with Crippen molar-refractivity contribution >= 4 is 17.8 Å². The Morgan fingerprint density at radius 1 is 1.20 bits per heavy atom. The first kappa shape index (κ1) is 18.3. The maximum atomic E-state index is 11.6. The van der Waals surface area contributed by atoms with Gasteiger partial charge in [0, 0.05) is 35.2 Å². The molecule has 2 heterocycles. The SMILES string of the molecule is CCOC(=O)/C=C/c1cncc(Oc2cc(C(C)=O)cc(C)n2)c1C. The van der Waals surface area contributed by atoms with Gasteiger partial charge in [-0.25, -0.2) is 9.78 Å². The minimum atomic E-state index is -0.417. The van der Waals surface area contributed by atoms with Crippen LogP contribution in [0.2, 0.25) is 0 Å². The van der Waals surface area contributed by atoms with E-state index in [0.29, 0.717) is 29.5 Å². The Labute approximate surface area is 146 Å². The third-order valence-corrected chi connectivity index (χ3v) is 3.44. The van der Waals surface area contributed by atoms with Crippen molar-refractivity contribution in [3.8, 4) is 11.6 Å². The maximum absolute atomic E-state index is 11.6. The van der Waals surface area contributed by atoms with Crippen molar-refractivity contribution in [2.75, 3.05) is 6.61 Å². The molecule has 2 aromatic rings. The molecule has 0 aliphatic carbocycles. The van der Waals surface area contributed by atoms with Gasteiger partial charge in [-0.1, -0.05) is 0 Å². The molecule has 0 aliphatic heterocycles. The zero-order valence-corrected chi connectivity index (χ0v) is 14.7. The van der Waals surface area contributed by atoms with Crippen LogP contribution in [0.3, 0.4) is 0 Å². The third kappa shape index (κ3) is 4.97. The summed E-state index contributed by atoms with van der Waals surface area (Å²) in [5, 5.41) is 0. The van der Waals surface area contributed by atoms with Crippen LogP contribution < -0.4 is 4.74 Å². The van der Waals surface area contributed by atoms with Crippen molar-refractivity contribution in [1.82, 2.24) is 9.97 Å². The van der Waals surface area contributed by atoms with Crippen LogP contribution in [0.25, 0.3) is 6.08 Å². The predicted molar refractivity (Wildman–Crippen MR) is 93.7 cm³/mol. The summed E-state index contributed by atoms with van der Waals surface area (Å²) >= 11 is 0. The Morgan fingerprint density at radius 3 is 2.64 bits per heavy atom. The van der Waals surface area contributed by atoms with Gasteiger partial charge in [0.25, 0.3) is 0 Å². The molecule has 6 heteroatoms. The van der Waals surface area contributed by atoms with Gasteiger partial charge in [-0.15, -0.1) is 0 Å². The van der Waals surface area contributed by atoms with Gasteiger partial charge < -0.3 is 9.47 Å². The number of nitrogens with zero attached hydrogens (tertiary/aromatic N) is 2. The number of ether oxygens (including phenoxy) is 2. The highest BCUT2D eigenvalue weighted by atomic mass is 16.5. The van der Waals surface area contributed by atoms with Gasteiger partial charge >= 0.3 is 5.97 Å². The van der Waals surface area contributed by atoms with Crippen LogP contribution >= 0.6 is 0 Å². The van der Waals surface area contributed by atoms with E-state index < -0.39 is 5.97 Å². The molecule has 6 nitrogen and oxygen atoms in total. The number of aromatic nitrogens is 2. The minimum Gasteiger partial charge on any atom is -0.463 e. The zero-order chi connectivity index (χ0) is 18.4. The number of carbonyl (C=O) groups is 2. The van der Waals surface area contributed by atoms with Gasteiger partial charge in [-0.2, -0.15) is 0 Å². The molecular formula is C19H20N2O4. The molecule has 0 aromatic carbocycles. The smallest absolute Gasteiger partial charge is 0.330 e. The fourth-order valence-electron chi connectivity index (χ4n) is 2.15. The molecule has 0 N–H and O–H groups in total. The van der Waals surface area contributed by atoms with E-state index >= 15 is 0 Å². The van der Waals surface area contributed by atoms with Crippen molar-refractivity contribution in [3.05, 3.63) is 53.0 Å². The number of carbonyl (C=O) groups excluding carboxylic acids is 2. The average molecular weight is 340 g/mol. The first-order valence-corrected chi connectivity index (χ1v) is 7.87. The second-order valence-corrected chi connectivity index (χ2v) is 5.43. The number of rotatable bonds is 6. The lowest BCUT2D eigenvalue weighted by Crippen LogP contribution is -2.00. The van der Waals surface area contributed by atoms with E-state index in [0.717, 1.165) is 11.1 Å². The van der Waals surface area contributed by atoms with E-state index in [1.807, 2.05) is 6.92 Å². The molecule has 0 spiro atoms. The largest absolute Gasteiger partial charge is 0.463 e. The standard InChI is InChI=1S/C19H20N2O4/c1-5-24-19(23)7-6-15-10-20-11-17(13(15)3)25-18-9-16(14(4)22)8-12(2)21-18/h6-11H,5H2,1-4H3/b7-6+. The lowest BCUT2D eigenvalue weighted by atomic mass is 10.1. The molecule has 0 saturated carbocycles. The molecule has 25 heavy (non-hydrogen) atoms. The van der Waals surface area contributed by atoms with Crippen LogP contribution in [0.1, 0.15) is 41.0 Å². The average Bonchev–Trinajstić information content (AvgIpc) is 2.55.